The van der Waals surface area contributed by atoms with Gasteiger partial charge in [-0.15, -0.1) is 0 Å². The number of amides is 1. The van der Waals surface area contributed by atoms with Gasteiger partial charge in [0.05, 0.1) is 17.9 Å². The average Bonchev–Trinajstić information content (AvgIpc) is 3.04. The van der Waals surface area contributed by atoms with Gasteiger partial charge in [0.15, 0.2) is 5.65 Å². The lowest BCUT2D eigenvalue weighted by molar-refractivity contribution is 0.0950. The Labute approximate surface area is 184 Å². The van der Waals surface area contributed by atoms with E-state index in [0.717, 1.165) is 20.5 Å². The molecule has 0 unspecified atom stereocenters. The monoisotopic (exact) mass is 522 g/mol. The van der Waals surface area contributed by atoms with E-state index in [-0.39, 0.29) is 12.5 Å². The number of carbonyl (C=O) groups excluding carboxylic acids is 1. The molecule has 0 saturated heterocycles. The first-order valence-electron chi connectivity index (χ1n) is 8.35. The van der Waals surface area contributed by atoms with Crippen molar-refractivity contribution in [3.63, 3.8) is 0 Å². The molecule has 5 nitrogen and oxygen atoms in total. The van der Waals surface area contributed by atoms with E-state index < -0.39 is 0 Å². The van der Waals surface area contributed by atoms with Crippen LogP contribution in [-0.2, 0) is 6.54 Å². The quantitative estimate of drug-likeness (QED) is 0.373. The fourth-order valence-electron chi connectivity index (χ4n) is 2.85. The summed E-state index contributed by atoms with van der Waals surface area (Å²) in [6.45, 7) is 0.237. The van der Waals surface area contributed by atoms with Gasteiger partial charge < -0.3 is 5.32 Å². The van der Waals surface area contributed by atoms with Crippen LogP contribution in [0.1, 0.15) is 16.1 Å². The first-order chi connectivity index (χ1) is 13.5. The normalized spacial score (nSPS) is 11.0. The summed E-state index contributed by atoms with van der Waals surface area (Å²) in [5, 5.41) is 8.13. The summed E-state index contributed by atoms with van der Waals surface area (Å²) >= 11 is 14.3. The minimum absolute atomic E-state index is 0.229. The highest BCUT2D eigenvalue weighted by molar-refractivity contribution is 14.1. The average molecular weight is 523 g/mol. The standard InChI is InChI=1S/C20H13Cl2IN4O/c21-14-3-1-2-13(10-14)20(28)24-11-16-19(12-4-6-15(23)7-5-12)25-18-9-8-17(22)26-27(16)18/h1-10H,11H2,(H,24,28). The van der Waals surface area contributed by atoms with E-state index in [1.165, 1.54) is 0 Å². The molecule has 2 aromatic carbocycles. The molecule has 0 aliphatic rings. The predicted octanol–water partition coefficient (Wildman–Crippen LogP) is 5.24. The van der Waals surface area contributed by atoms with Crippen molar-refractivity contribution in [2.75, 3.05) is 0 Å². The maximum absolute atomic E-state index is 12.5. The molecule has 0 bridgehead atoms. The third-order valence-corrected chi connectivity index (χ3v) is 5.31. The van der Waals surface area contributed by atoms with E-state index in [1.807, 2.05) is 24.3 Å². The number of fused-ring (bicyclic) bond motifs is 1. The zero-order chi connectivity index (χ0) is 19.7. The van der Waals surface area contributed by atoms with Crippen LogP contribution in [0.3, 0.4) is 0 Å². The van der Waals surface area contributed by atoms with Crippen LogP contribution in [0.4, 0.5) is 0 Å². The van der Waals surface area contributed by atoms with Crippen molar-refractivity contribution in [2.24, 2.45) is 0 Å². The maximum atomic E-state index is 12.5. The Bertz CT molecular complexity index is 1170. The number of nitrogens with zero attached hydrogens (tertiary/aromatic N) is 3. The summed E-state index contributed by atoms with van der Waals surface area (Å²) in [7, 11) is 0. The van der Waals surface area contributed by atoms with Crippen molar-refractivity contribution in [3.05, 3.63) is 85.7 Å². The Balaban J connectivity index is 1.72. The summed E-state index contributed by atoms with van der Waals surface area (Å²) in [4.78, 5) is 17.2. The van der Waals surface area contributed by atoms with Gasteiger partial charge in [-0.2, -0.15) is 5.10 Å². The molecule has 140 valence electrons. The molecule has 0 atom stereocenters. The molecule has 0 aliphatic heterocycles. The van der Waals surface area contributed by atoms with Crippen LogP contribution in [-0.4, -0.2) is 20.5 Å². The molecule has 0 aliphatic carbocycles. The van der Waals surface area contributed by atoms with E-state index in [9.17, 15) is 4.79 Å². The van der Waals surface area contributed by atoms with Gasteiger partial charge in [0.25, 0.3) is 5.91 Å². The minimum atomic E-state index is -0.229. The fraction of sp³-hybridized carbons (Fsp3) is 0.0500. The van der Waals surface area contributed by atoms with Gasteiger partial charge >= 0.3 is 0 Å². The number of nitrogens with one attached hydrogen (secondary N) is 1. The molecule has 28 heavy (non-hydrogen) atoms. The van der Waals surface area contributed by atoms with Crippen LogP contribution in [0, 0.1) is 3.57 Å². The Kier molecular flexibility index (Phi) is 5.52. The second-order valence-electron chi connectivity index (χ2n) is 6.03. The number of rotatable bonds is 4. The molecule has 0 spiro atoms. The van der Waals surface area contributed by atoms with Crippen molar-refractivity contribution in [3.8, 4) is 11.3 Å². The number of benzene rings is 2. The van der Waals surface area contributed by atoms with Crippen LogP contribution in [0.15, 0.2) is 60.7 Å². The van der Waals surface area contributed by atoms with Crippen molar-refractivity contribution >= 4 is 57.3 Å². The van der Waals surface area contributed by atoms with Crippen LogP contribution < -0.4 is 5.32 Å². The van der Waals surface area contributed by atoms with E-state index in [1.54, 1.807) is 40.9 Å². The maximum Gasteiger partial charge on any atom is 0.251 e. The van der Waals surface area contributed by atoms with Gasteiger partial charge in [0.1, 0.15) is 5.15 Å². The van der Waals surface area contributed by atoms with Gasteiger partial charge in [0.2, 0.25) is 0 Å². The topological polar surface area (TPSA) is 59.3 Å². The van der Waals surface area contributed by atoms with Gasteiger partial charge in [-0.25, -0.2) is 9.50 Å². The molecule has 0 radical (unpaired) electrons. The third kappa shape index (κ3) is 3.99. The van der Waals surface area contributed by atoms with Crippen LogP contribution in [0.25, 0.3) is 16.9 Å². The van der Waals surface area contributed by atoms with Crippen molar-refractivity contribution in [2.45, 2.75) is 6.54 Å². The van der Waals surface area contributed by atoms with Crippen LogP contribution in [0.2, 0.25) is 10.2 Å². The summed E-state index contributed by atoms with van der Waals surface area (Å²) in [5.41, 5.74) is 3.58. The second-order valence-corrected chi connectivity index (χ2v) is 8.10. The largest absolute Gasteiger partial charge is 0.346 e. The molecule has 8 heteroatoms. The molecule has 0 fully saturated rings. The molecule has 1 N–H and O–H groups in total. The molecule has 4 rings (SSSR count). The zero-order valence-electron chi connectivity index (χ0n) is 14.4. The number of aromatic nitrogens is 3. The van der Waals surface area contributed by atoms with Crippen molar-refractivity contribution in [1.82, 2.24) is 19.9 Å². The van der Waals surface area contributed by atoms with E-state index in [0.29, 0.717) is 21.4 Å². The molecule has 0 saturated carbocycles. The van der Waals surface area contributed by atoms with E-state index >= 15 is 0 Å². The summed E-state index contributed by atoms with van der Waals surface area (Å²) in [6.07, 6.45) is 0. The van der Waals surface area contributed by atoms with Gasteiger partial charge in [-0.1, -0.05) is 41.4 Å². The van der Waals surface area contributed by atoms with Gasteiger partial charge in [-0.05, 0) is 65.1 Å². The Morgan fingerprint density at radius 3 is 2.61 bits per heavy atom. The summed E-state index contributed by atoms with van der Waals surface area (Å²) in [5.74, 6) is -0.229. The van der Waals surface area contributed by atoms with Crippen molar-refractivity contribution < 1.29 is 4.79 Å². The number of hydrogen-bond acceptors (Lipinski definition) is 3. The van der Waals surface area contributed by atoms with Gasteiger partial charge in [0, 0.05) is 19.7 Å². The summed E-state index contributed by atoms with van der Waals surface area (Å²) in [6, 6.07) is 18.3. The third-order valence-electron chi connectivity index (χ3n) is 4.16. The molecule has 4 aromatic rings. The lowest BCUT2D eigenvalue weighted by Crippen LogP contribution is -2.24. The number of carbonyl (C=O) groups is 1. The number of halogens is 3. The van der Waals surface area contributed by atoms with E-state index in [2.05, 4.69) is 38.0 Å². The zero-order valence-corrected chi connectivity index (χ0v) is 18.0. The van der Waals surface area contributed by atoms with Crippen LogP contribution in [0.5, 0.6) is 0 Å². The molecule has 1 amide bonds. The second kappa shape index (κ2) is 8.06. The smallest absolute Gasteiger partial charge is 0.251 e. The molecule has 2 aromatic heterocycles. The van der Waals surface area contributed by atoms with Crippen molar-refractivity contribution in [1.29, 1.82) is 0 Å². The Morgan fingerprint density at radius 1 is 1.07 bits per heavy atom. The minimum Gasteiger partial charge on any atom is -0.346 e. The molecular formula is C20H13Cl2IN4O. The molecular weight excluding hydrogens is 510 g/mol. The fourth-order valence-corrected chi connectivity index (χ4v) is 3.54. The highest BCUT2D eigenvalue weighted by Crippen LogP contribution is 2.25. The Hall–Kier alpha value is -2.16. The highest BCUT2D eigenvalue weighted by Gasteiger charge is 2.17. The first-order valence-corrected chi connectivity index (χ1v) is 10.2. The lowest BCUT2D eigenvalue weighted by Gasteiger charge is -2.08. The lowest BCUT2D eigenvalue weighted by atomic mass is 10.1. The summed E-state index contributed by atoms with van der Waals surface area (Å²) < 4.78 is 2.79. The number of hydrogen-bond donors (Lipinski definition) is 1. The first kappa shape index (κ1) is 19.2. The Morgan fingerprint density at radius 2 is 1.86 bits per heavy atom. The highest BCUT2D eigenvalue weighted by atomic mass is 127. The molecule has 2 heterocycles. The van der Waals surface area contributed by atoms with E-state index in [4.69, 9.17) is 23.2 Å². The van der Waals surface area contributed by atoms with Gasteiger partial charge in [-0.3, -0.25) is 4.79 Å². The number of imidazole rings is 1. The predicted molar refractivity (Wildman–Crippen MR) is 119 cm³/mol. The van der Waals surface area contributed by atoms with Crippen LogP contribution >= 0.6 is 45.8 Å². The SMILES string of the molecule is O=C(NCc1c(-c2ccc(I)cc2)nc2ccc(Cl)nn12)c1cccc(Cl)c1.